The highest BCUT2D eigenvalue weighted by atomic mass is 35.5. The van der Waals surface area contributed by atoms with Gasteiger partial charge in [-0.1, -0.05) is 41.4 Å². The molecule has 5 heteroatoms. The summed E-state index contributed by atoms with van der Waals surface area (Å²) in [6.07, 6.45) is 3.33. The summed E-state index contributed by atoms with van der Waals surface area (Å²) in [4.78, 5) is 26.8. The van der Waals surface area contributed by atoms with E-state index >= 15 is 0 Å². The van der Waals surface area contributed by atoms with E-state index < -0.39 is 0 Å². The number of carbonyl (C=O) groups excluding carboxylic acids is 2. The van der Waals surface area contributed by atoms with Crippen molar-refractivity contribution in [3.63, 3.8) is 0 Å². The van der Waals surface area contributed by atoms with Crippen molar-refractivity contribution < 1.29 is 14.3 Å². The highest BCUT2D eigenvalue weighted by Crippen LogP contribution is 2.41. The average Bonchev–Trinajstić information content (AvgIpc) is 2.88. The van der Waals surface area contributed by atoms with E-state index in [-0.39, 0.29) is 23.7 Å². The molecule has 0 radical (unpaired) electrons. The zero-order chi connectivity index (χ0) is 18.3. The van der Waals surface area contributed by atoms with Gasteiger partial charge in [-0.2, -0.15) is 0 Å². The van der Waals surface area contributed by atoms with Gasteiger partial charge in [0.25, 0.3) is 0 Å². The van der Waals surface area contributed by atoms with E-state index in [4.69, 9.17) is 16.3 Å². The van der Waals surface area contributed by atoms with Gasteiger partial charge in [0.15, 0.2) is 0 Å². The van der Waals surface area contributed by atoms with Crippen molar-refractivity contribution >= 4 is 29.1 Å². The van der Waals surface area contributed by atoms with Crippen molar-refractivity contribution in [2.24, 2.45) is 11.8 Å². The molecule has 4 rings (SSSR count). The van der Waals surface area contributed by atoms with Crippen molar-refractivity contribution in [1.82, 2.24) is 0 Å². The number of anilines is 1. The monoisotopic (exact) mass is 367 g/mol. The predicted octanol–water partition coefficient (Wildman–Crippen LogP) is 4.98. The van der Waals surface area contributed by atoms with Crippen LogP contribution in [0.25, 0.3) is 0 Å². The molecule has 26 heavy (non-hydrogen) atoms. The normalized spacial score (nSPS) is 22.2. The maximum absolute atomic E-state index is 12.8. The molecule has 1 aliphatic heterocycles. The van der Waals surface area contributed by atoms with Crippen LogP contribution in [0.3, 0.4) is 0 Å². The van der Waals surface area contributed by atoms with E-state index in [0.717, 1.165) is 0 Å². The van der Waals surface area contributed by atoms with Crippen LogP contribution in [0.4, 0.5) is 5.69 Å². The minimum absolute atomic E-state index is 0.139. The molecule has 0 spiro atoms. The van der Waals surface area contributed by atoms with Crippen molar-refractivity contribution in [1.29, 1.82) is 0 Å². The lowest BCUT2D eigenvalue weighted by molar-refractivity contribution is -0.122. The van der Waals surface area contributed by atoms with Crippen LogP contribution in [0.2, 0.25) is 5.02 Å². The maximum atomic E-state index is 12.8. The molecular weight excluding hydrogens is 350 g/mol. The first kappa shape index (κ1) is 16.9. The fourth-order valence-electron chi connectivity index (χ4n) is 3.62. The Morgan fingerprint density at radius 1 is 1.04 bits per heavy atom. The van der Waals surface area contributed by atoms with E-state index in [0.29, 0.717) is 35.1 Å². The van der Waals surface area contributed by atoms with Crippen LogP contribution in [-0.4, -0.2) is 11.8 Å². The first-order valence-corrected chi connectivity index (χ1v) is 8.98. The molecule has 0 saturated carbocycles. The first-order chi connectivity index (χ1) is 12.5. The molecule has 0 bridgehead atoms. The predicted molar refractivity (Wildman–Crippen MR) is 100 cm³/mol. The van der Waals surface area contributed by atoms with E-state index in [1.165, 1.54) is 10.5 Å². The molecule has 4 nitrogen and oxygen atoms in total. The molecule has 132 valence electrons. The van der Waals surface area contributed by atoms with Gasteiger partial charge in [-0.05, 0) is 50.1 Å². The number of amides is 2. The Bertz CT molecular complexity index is 907. The Labute approximate surface area is 157 Å². The second kappa shape index (κ2) is 6.61. The molecule has 1 aliphatic carbocycles. The number of hydrogen-bond donors (Lipinski definition) is 0. The molecule has 2 atom stereocenters. The minimum Gasteiger partial charge on any atom is -0.456 e. The number of rotatable bonds is 3. The van der Waals surface area contributed by atoms with Crippen molar-refractivity contribution in [3.05, 3.63) is 65.2 Å². The molecule has 2 unspecified atom stereocenters. The van der Waals surface area contributed by atoms with Gasteiger partial charge < -0.3 is 4.74 Å². The van der Waals surface area contributed by atoms with Crippen LogP contribution in [0.15, 0.2) is 60.2 Å². The van der Waals surface area contributed by atoms with Gasteiger partial charge in [-0.3, -0.25) is 9.59 Å². The second-order valence-corrected chi connectivity index (χ2v) is 7.15. The van der Waals surface area contributed by atoms with E-state index in [1.54, 1.807) is 18.2 Å². The first-order valence-electron chi connectivity index (χ1n) is 8.60. The Kier molecular flexibility index (Phi) is 4.29. The number of nitrogens with zero attached hydrogens (tertiary/aromatic N) is 1. The van der Waals surface area contributed by atoms with Crippen LogP contribution in [0.1, 0.15) is 19.8 Å². The number of hydrogen-bond acceptors (Lipinski definition) is 3. The third-order valence-corrected chi connectivity index (χ3v) is 5.26. The molecule has 1 fully saturated rings. The quantitative estimate of drug-likeness (QED) is 0.568. The molecule has 2 amide bonds. The number of allylic oxidation sites excluding steroid dienone is 2. The minimum atomic E-state index is -0.259. The fraction of sp³-hybridized carbons (Fsp3) is 0.238. The summed E-state index contributed by atoms with van der Waals surface area (Å²) in [7, 11) is 0. The Morgan fingerprint density at radius 2 is 1.77 bits per heavy atom. The summed E-state index contributed by atoms with van der Waals surface area (Å²) in [6, 6.07) is 14.3. The number of carbonyl (C=O) groups is 2. The largest absolute Gasteiger partial charge is 0.456 e. The number of fused-ring (bicyclic) bond motifs is 1. The van der Waals surface area contributed by atoms with Crippen molar-refractivity contribution in [2.75, 3.05) is 4.90 Å². The van der Waals surface area contributed by atoms with Crippen molar-refractivity contribution in [3.8, 4) is 11.5 Å². The van der Waals surface area contributed by atoms with Gasteiger partial charge in [0.2, 0.25) is 11.8 Å². The molecule has 2 aromatic carbocycles. The molecule has 1 saturated heterocycles. The molecule has 0 N–H and O–H groups in total. The summed E-state index contributed by atoms with van der Waals surface area (Å²) in [6.45, 7) is 2.00. The van der Waals surface area contributed by atoms with Crippen LogP contribution < -0.4 is 9.64 Å². The van der Waals surface area contributed by atoms with Crippen molar-refractivity contribution in [2.45, 2.75) is 19.8 Å². The molecular formula is C21H18ClNO3. The number of benzene rings is 2. The summed E-state index contributed by atoms with van der Waals surface area (Å²) >= 11 is 6.34. The van der Waals surface area contributed by atoms with Gasteiger partial charge in [-0.15, -0.1) is 0 Å². The zero-order valence-electron chi connectivity index (χ0n) is 14.3. The van der Waals surface area contributed by atoms with Crippen LogP contribution in [0.5, 0.6) is 11.5 Å². The SMILES string of the molecule is CC1=CCC2C(=O)N(c3ccc(Oc4ccccc4)c(Cl)c3)C(=O)C2C1. The highest BCUT2D eigenvalue weighted by molar-refractivity contribution is 6.33. The third-order valence-electron chi connectivity index (χ3n) is 4.97. The van der Waals surface area contributed by atoms with Gasteiger partial charge in [0.05, 0.1) is 22.5 Å². The molecule has 2 aliphatic rings. The van der Waals surface area contributed by atoms with Gasteiger partial charge >= 0.3 is 0 Å². The molecule has 2 aromatic rings. The number of ether oxygens (including phenoxy) is 1. The van der Waals surface area contributed by atoms with Gasteiger partial charge in [-0.25, -0.2) is 4.90 Å². The Morgan fingerprint density at radius 3 is 2.50 bits per heavy atom. The number of halogens is 1. The molecule has 0 aromatic heterocycles. The standard InChI is InChI=1S/C21H18ClNO3/c1-13-7-9-16-17(11-13)21(25)23(20(16)24)14-8-10-19(18(22)12-14)26-15-5-3-2-4-6-15/h2-8,10,12,16-17H,9,11H2,1H3. The smallest absolute Gasteiger partial charge is 0.238 e. The van der Waals surface area contributed by atoms with E-state index in [9.17, 15) is 9.59 Å². The van der Waals surface area contributed by atoms with Crippen LogP contribution >= 0.6 is 11.6 Å². The Hall–Kier alpha value is -2.59. The topological polar surface area (TPSA) is 46.6 Å². The summed E-state index contributed by atoms with van der Waals surface area (Å²) in [5, 5.41) is 0.358. The maximum Gasteiger partial charge on any atom is 0.238 e. The van der Waals surface area contributed by atoms with E-state index in [2.05, 4.69) is 6.08 Å². The second-order valence-electron chi connectivity index (χ2n) is 6.75. The van der Waals surface area contributed by atoms with Crippen LogP contribution in [0, 0.1) is 11.8 Å². The van der Waals surface area contributed by atoms with E-state index in [1.807, 2.05) is 37.3 Å². The van der Waals surface area contributed by atoms with Gasteiger partial charge in [0.1, 0.15) is 11.5 Å². The third kappa shape index (κ3) is 2.90. The lowest BCUT2D eigenvalue weighted by Gasteiger charge is -2.18. The summed E-state index contributed by atoms with van der Waals surface area (Å²) in [5.74, 6) is 0.354. The molecule has 1 heterocycles. The summed E-state index contributed by atoms with van der Waals surface area (Å²) < 4.78 is 5.76. The number of imide groups is 1. The lowest BCUT2D eigenvalue weighted by Crippen LogP contribution is -2.30. The highest BCUT2D eigenvalue weighted by Gasteiger charge is 2.48. The Balaban J connectivity index is 1.60. The van der Waals surface area contributed by atoms with Gasteiger partial charge in [0, 0.05) is 0 Å². The average molecular weight is 368 g/mol. The lowest BCUT2D eigenvalue weighted by atomic mass is 9.82. The fourth-order valence-corrected chi connectivity index (χ4v) is 3.83. The zero-order valence-corrected chi connectivity index (χ0v) is 15.1. The summed E-state index contributed by atoms with van der Waals surface area (Å²) in [5.41, 5.74) is 1.66. The van der Waals surface area contributed by atoms with Crippen LogP contribution in [-0.2, 0) is 9.59 Å². The number of para-hydroxylation sites is 1.